The molecular formula is C15H15N5O3. The van der Waals surface area contributed by atoms with Crippen LogP contribution < -0.4 is 21.1 Å². The normalized spacial score (nSPS) is 19.6. The van der Waals surface area contributed by atoms with Gasteiger partial charge in [-0.05, 0) is 31.2 Å². The molecule has 0 aromatic heterocycles. The van der Waals surface area contributed by atoms with Gasteiger partial charge >= 0.3 is 0 Å². The first-order chi connectivity index (χ1) is 11.0. The van der Waals surface area contributed by atoms with Crippen molar-refractivity contribution in [3.8, 4) is 5.75 Å². The zero-order valence-corrected chi connectivity index (χ0v) is 12.6. The maximum Gasteiger partial charge on any atom is 0.259 e. The molecule has 118 valence electrons. The van der Waals surface area contributed by atoms with Crippen molar-refractivity contribution in [3.63, 3.8) is 0 Å². The van der Waals surface area contributed by atoms with Crippen LogP contribution in [0.5, 0.6) is 5.75 Å². The first kappa shape index (κ1) is 14.8. The molecule has 0 fully saturated rings. The van der Waals surface area contributed by atoms with E-state index in [2.05, 4.69) is 20.8 Å². The molecule has 0 aliphatic carbocycles. The van der Waals surface area contributed by atoms with E-state index in [1.807, 2.05) is 0 Å². The molecule has 8 heteroatoms. The molecule has 23 heavy (non-hydrogen) atoms. The van der Waals surface area contributed by atoms with Crippen LogP contribution >= 0.6 is 0 Å². The van der Waals surface area contributed by atoms with E-state index in [-0.39, 0.29) is 28.9 Å². The Bertz CT molecular complexity index is 777. The van der Waals surface area contributed by atoms with Crippen LogP contribution in [0.2, 0.25) is 0 Å². The van der Waals surface area contributed by atoms with Gasteiger partial charge in [0.1, 0.15) is 17.5 Å². The average Bonchev–Trinajstić information content (AvgIpc) is 2.90. The summed E-state index contributed by atoms with van der Waals surface area (Å²) in [5, 5.41) is 13.0. The zero-order chi connectivity index (χ0) is 16.6. The topological polar surface area (TPSA) is 118 Å². The number of fused-ring (bicyclic) bond motifs is 1. The number of carbonyl (C=O) groups excluding carboxylic acids is 2. The van der Waals surface area contributed by atoms with Crippen molar-refractivity contribution in [2.45, 2.75) is 6.92 Å². The standard InChI is InChI=1S/C15H15N5O3/c1-7-10(12-11(15(22)17-7)13(16)20-19-12)14(21)18-8-3-5-9(23-2)6-4-8/h3-6,11H,1-2H3,(H2,16,20)(H,17,22)(H,18,21). The highest BCUT2D eigenvalue weighted by Crippen LogP contribution is 2.24. The van der Waals surface area contributed by atoms with Gasteiger partial charge in [-0.1, -0.05) is 0 Å². The molecule has 3 rings (SSSR count). The minimum absolute atomic E-state index is 0.0831. The Morgan fingerprint density at radius 1 is 1.30 bits per heavy atom. The predicted octanol–water partition coefficient (Wildman–Crippen LogP) is 0.381. The van der Waals surface area contributed by atoms with E-state index in [0.29, 0.717) is 17.1 Å². The van der Waals surface area contributed by atoms with Crippen LogP contribution in [-0.4, -0.2) is 30.5 Å². The zero-order valence-electron chi connectivity index (χ0n) is 12.6. The third-order valence-electron chi connectivity index (χ3n) is 3.62. The summed E-state index contributed by atoms with van der Waals surface area (Å²) in [5.41, 5.74) is 7.24. The second-order valence-corrected chi connectivity index (χ2v) is 5.11. The number of nitrogens with zero attached hydrogens (tertiary/aromatic N) is 2. The molecule has 1 atom stereocenters. The number of anilines is 1. The van der Waals surface area contributed by atoms with Gasteiger partial charge < -0.3 is 21.1 Å². The number of nitrogens with two attached hydrogens (primary N) is 1. The number of rotatable bonds is 3. The quantitative estimate of drug-likeness (QED) is 0.747. The van der Waals surface area contributed by atoms with Crippen molar-refractivity contribution < 1.29 is 14.3 Å². The summed E-state index contributed by atoms with van der Waals surface area (Å²) in [6.45, 7) is 1.63. The van der Waals surface area contributed by atoms with Crippen molar-refractivity contribution in [2.24, 2.45) is 21.9 Å². The van der Waals surface area contributed by atoms with Crippen molar-refractivity contribution in [1.82, 2.24) is 5.32 Å². The highest BCUT2D eigenvalue weighted by atomic mass is 16.5. The minimum atomic E-state index is -0.810. The molecular weight excluding hydrogens is 298 g/mol. The Balaban J connectivity index is 1.86. The van der Waals surface area contributed by atoms with Crippen LogP contribution in [0.15, 0.2) is 45.7 Å². The van der Waals surface area contributed by atoms with Crippen LogP contribution in [0.4, 0.5) is 5.69 Å². The van der Waals surface area contributed by atoms with Gasteiger partial charge in [0, 0.05) is 11.4 Å². The number of methoxy groups -OCH3 is 1. The van der Waals surface area contributed by atoms with Gasteiger partial charge in [-0.15, -0.1) is 5.10 Å². The summed E-state index contributed by atoms with van der Waals surface area (Å²) in [6.07, 6.45) is 0. The van der Waals surface area contributed by atoms with Crippen molar-refractivity contribution in [1.29, 1.82) is 0 Å². The molecule has 2 aliphatic heterocycles. The number of benzene rings is 1. The van der Waals surface area contributed by atoms with Gasteiger partial charge in [0.05, 0.1) is 18.4 Å². The Kier molecular flexibility index (Phi) is 3.57. The lowest BCUT2D eigenvalue weighted by molar-refractivity contribution is -0.120. The lowest BCUT2D eigenvalue weighted by Gasteiger charge is -2.23. The summed E-state index contributed by atoms with van der Waals surface area (Å²) in [4.78, 5) is 24.5. The van der Waals surface area contributed by atoms with E-state index in [0.717, 1.165) is 0 Å². The Morgan fingerprint density at radius 2 is 2.00 bits per heavy atom. The van der Waals surface area contributed by atoms with Crippen molar-refractivity contribution in [3.05, 3.63) is 35.5 Å². The van der Waals surface area contributed by atoms with E-state index in [1.165, 1.54) is 0 Å². The minimum Gasteiger partial charge on any atom is -0.497 e. The molecule has 2 amide bonds. The number of hydrogen-bond acceptors (Lipinski definition) is 6. The van der Waals surface area contributed by atoms with Gasteiger partial charge in [-0.25, -0.2) is 0 Å². The molecule has 0 saturated carbocycles. The van der Waals surface area contributed by atoms with Crippen LogP contribution in [0.1, 0.15) is 6.92 Å². The number of amidine groups is 1. The number of amides is 2. The van der Waals surface area contributed by atoms with Crippen LogP contribution in [0, 0.1) is 5.92 Å². The molecule has 1 aromatic carbocycles. The third-order valence-corrected chi connectivity index (χ3v) is 3.62. The highest BCUT2D eigenvalue weighted by Gasteiger charge is 2.41. The fourth-order valence-corrected chi connectivity index (χ4v) is 2.49. The van der Waals surface area contributed by atoms with Gasteiger partial charge in [0.25, 0.3) is 5.91 Å². The Morgan fingerprint density at radius 3 is 2.65 bits per heavy atom. The molecule has 1 aromatic rings. The molecule has 0 spiro atoms. The summed E-state index contributed by atoms with van der Waals surface area (Å²) in [7, 11) is 1.56. The first-order valence-electron chi connectivity index (χ1n) is 6.89. The molecule has 2 aliphatic rings. The van der Waals surface area contributed by atoms with Crippen molar-refractivity contribution in [2.75, 3.05) is 12.4 Å². The number of hydrogen-bond donors (Lipinski definition) is 3. The third kappa shape index (κ3) is 2.54. The van der Waals surface area contributed by atoms with Gasteiger partial charge in [0.2, 0.25) is 5.91 Å². The molecule has 0 saturated heterocycles. The van der Waals surface area contributed by atoms with E-state index in [4.69, 9.17) is 10.5 Å². The Hall–Kier alpha value is -3.16. The molecule has 2 heterocycles. The fourth-order valence-electron chi connectivity index (χ4n) is 2.49. The van der Waals surface area contributed by atoms with Gasteiger partial charge in [-0.2, -0.15) is 5.10 Å². The Labute approximate surface area is 132 Å². The maximum absolute atomic E-state index is 12.6. The van der Waals surface area contributed by atoms with Crippen LogP contribution in [0.3, 0.4) is 0 Å². The number of allylic oxidation sites excluding steroid dienone is 1. The second-order valence-electron chi connectivity index (χ2n) is 5.11. The van der Waals surface area contributed by atoms with E-state index in [1.54, 1.807) is 38.3 Å². The largest absolute Gasteiger partial charge is 0.497 e. The SMILES string of the molecule is COc1ccc(NC(=O)C2=C(C)NC(=O)C3C(N)=NN=C23)cc1. The predicted molar refractivity (Wildman–Crippen MR) is 85.0 cm³/mol. The van der Waals surface area contributed by atoms with Gasteiger partial charge in [0.15, 0.2) is 0 Å². The van der Waals surface area contributed by atoms with Crippen LogP contribution in [-0.2, 0) is 9.59 Å². The number of ether oxygens (including phenoxy) is 1. The smallest absolute Gasteiger partial charge is 0.259 e. The average molecular weight is 313 g/mol. The number of carbonyl (C=O) groups is 2. The monoisotopic (exact) mass is 313 g/mol. The maximum atomic E-state index is 12.6. The molecule has 4 N–H and O–H groups in total. The second kappa shape index (κ2) is 5.56. The van der Waals surface area contributed by atoms with E-state index >= 15 is 0 Å². The molecule has 0 bridgehead atoms. The molecule has 8 nitrogen and oxygen atoms in total. The van der Waals surface area contributed by atoms with Crippen molar-refractivity contribution >= 4 is 29.0 Å². The van der Waals surface area contributed by atoms with Gasteiger partial charge in [-0.3, -0.25) is 9.59 Å². The molecule has 1 unspecified atom stereocenters. The highest BCUT2D eigenvalue weighted by molar-refractivity contribution is 6.38. The summed E-state index contributed by atoms with van der Waals surface area (Å²) < 4.78 is 5.07. The van der Waals surface area contributed by atoms with Crippen LogP contribution in [0.25, 0.3) is 0 Å². The fraction of sp³-hybridized carbons (Fsp3) is 0.200. The lowest BCUT2D eigenvalue weighted by Crippen LogP contribution is -2.47. The first-order valence-corrected chi connectivity index (χ1v) is 6.89. The van der Waals surface area contributed by atoms with E-state index in [9.17, 15) is 9.59 Å². The number of nitrogens with one attached hydrogen (secondary N) is 2. The molecule has 0 radical (unpaired) electrons. The van der Waals surface area contributed by atoms with E-state index < -0.39 is 5.92 Å². The summed E-state index contributed by atoms with van der Waals surface area (Å²) in [6, 6.07) is 6.90. The summed E-state index contributed by atoms with van der Waals surface area (Å²) >= 11 is 0. The lowest BCUT2D eigenvalue weighted by atomic mass is 9.90. The summed E-state index contributed by atoms with van der Waals surface area (Å²) in [5.74, 6) is -0.762.